The standard InChI is InChI=1S/C22H27N5O2S2/c1-26(2)18-9-5-17(6-10-18)14-27(3)20(28)15-30-22-25-24-21(31-22)23-13-16-7-11-19(29-4)12-8-16/h5-12H,13-15H2,1-4H3,(H,23,24). The molecule has 9 heteroatoms. The van der Waals surface area contributed by atoms with E-state index in [-0.39, 0.29) is 5.91 Å². The van der Waals surface area contributed by atoms with Gasteiger partial charge in [-0.15, -0.1) is 10.2 Å². The smallest absolute Gasteiger partial charge is 0.233 e. The number of carbonyl (C=O) groups excluding carboxylic acids is 1. The highest BCUT2D eigenvalue weighted by molar-refractivity contribution is 8.01. The maximum Gasteiger partial charge on any atom is 0.233 e. The zero-order valence-electron chi connectivity index (χ0n) is 18.2. The lowest BCUT2D eigenvalue weighted by Gasteiger charge is -2.18. The highest BCUT2D eigenvalue weighted by atomic mass is 32.2. The average molecular weight is 458 g/mol. The van der Waals surface area contributed by atoms with E-state index in [1.807, 2.05) is 45.4 Å². The number of nitrogens with one attached hydrogen (secondary N) is 1. The van der Waals surface area contributed by atoms with Crippen molar-refractivity contribution in [1.82, 2.24) is 15.1 Å². The van der Waals surface area contributed by atoms with Gasteiger partial charge in [0.05, 0.1) is 12.9 Å². The summed E-state index contributed by atoms with van der Waals surface area (Å²) < 4.78 is 5.94. The van der Waals surface area contributed by atoms with E-state index in [4.69, 9.17) is 4.74 Å². The Bertz CT molecular complexity index is 974. The molecule has 0 aliphatic heterocycles. The molecular formula is C22H27N5O2S2. The van der Waals surface area contributed by atoms with Crippen LogP contribution in [0, 0.1) is 0 Å². The lowest BCUT2D eigenvalue weighted by atomic mass is 10.2. The van der Waals surface area contributed by atoms with Gasteiger partial charge in [0.25, 0.3) is 0 Å². The predicted molar refractivity (Wildman–Crippen MR) is 128 cm³/mol. The zero-order chi connectivity index (χ0) is 22.2. The van der Waals surface area contributed by atoms with Crippen LogP contribution >= 0.6 is 23.1 Å². The lowest BCUT2D eigenvalue weighted by Crippen LogP contribution is -2.27. The van der Waals surface area contributed by atoms with E-state index in [0.717, 1.165) is 32.0 Å². The number of hydrogen-bond donors (Lipinski definition) is 1. The highest BCUT2D eigenvalue weighted by Crippen LogP contribution is 2.26. The Morgan fingerprint density at radius 3 is 2.35 bits per heavy atom. The molecule has 0 atom stereocenters. The number of methoxy groups -OCH3 is 1. The molecule has 0 bridgehead atoms. The maximum atomic E-state index is 12.5. The van der Waals surface area contributed by atoms with Crippen molar-refractivity contribution >= 4 is 39.8 Å². The van der Waals surface area contributed by atoms with Crippen LogP contribution in [0.1, 0.15) is 11.1 Å². The second-order valence-electron chi connectivity index (χ2n) is 7.17. The molecule has 1 amide bonds. The summed E-state index contributed by atoms with van der Waals surface area (Å²) >= 11 is 2.86. The van der Waals surface area contributed by atoms with Gasteiger partial charge in [-0.3, -0.25) is 4.79 Å². The van der Waals surface area contributed by atoms with Crippen molar-refractivity contribution < 1.29 is 9.53 Å². The van der Waals surface area contributed by atoms with Gasteiger partial charge < -0.3 is 19.9 Å². The number of amides is 1. The third-order valence-corrected chi connectivity index (χ3v) is 6.63. The van der Waals surface area contributed by atoms with Gasteiger partial charge in [0.15, 0.2) is 4.34 Å². The summed E-state index contributed by atoms with van der Waals surface area (Å²) in [6, 6.07) is 16.1. The SMILES string of the molecule is COc1ccc(CNc2nnc(SCC(=O)N(C)Cc3ccc(N(C)C)cc3)s2)cc1. The Kier molecular flexibility index (Phi) is 8.13. The van der Waals surface area contributed by atoms with Gasteiger partial charge in [0, 0.05) is 39.9 Å². The molecule has 7 nitrogen and oxygen atoms in total. The number of aromatic nitrogens is 2. The molecule has 0 aliphatic rings. The minimum atomic E-state index is 0.0598. The number of nitrogens with zero attached hydrogens (tertiary/aromatic N) is 4. The average Bonchev–Trinajstić information content (AvgIpc) is 3.24. The van der Waals surface area contributed by atoms with E-state index >= 15 is 0 Å². The predicted octanol–water partition coefficient (Wildman–Crippen LogP) is 3.98. The fraction of sp³-hybridized carbons (Fsp3) is 0.318. The number of anilines is 2. The van der Waals surface area contributed by atoms with Crippen LogP contribution in [0.5, 0.6) is 5.75 Å². The van der Waals surface area contributed by atoms with Crippen LogP contribution in [-0.2, 0) is 17.9 Å². The van der Waals surface area contributed by atoms with E-state index in [9.17, 15) is 4.79 Å². The van der Waals surface area contributed by atoms with E-state index in [1.165, 1.54) is 23.1 Å². The van der Waals surface area contributed by atoms with Gasteiger partial charge in [-0.2, -0.15) is 0 Å². The first-order valence-electron chi connectivity index (χ1n) is 9.78. The summed E-state index contributed by atoms with van der Waals surface area (Å²) in [5, 5.41) is 12.3. The molecule has 164 valence electrons. The lowest BCUT2D eigenvalue weighted by molar-refractivity contribution is -0.127. The van der Waals surface area contributed by atoms with Crippen molar-refractivity contribution in [3.8, 4) is 5.75 Å². The number of benzene rings is 2. The van der Waals surface area contributed by atoms with Gasteiger partial charge in [0.2, 0.25) is 11.0 Å². The third-order valence-electron chi connectivity index (χ3n) is 4.63. The minimum absolute atomic E-state index is 0.0598. The monoisotopic (exact) mass is 457 g/mol. The fourth-order valence-electron chi connectivity index (χ4n) is 2.76. The van der Waals surface area contributed by atoms with Crippen molar-refractivity contribution in [2.45, 2.75) is 17.4 Å². The second kappa shape index (κ2) is 11.0. The Balaban J connectivity index is 1.43. The Labute approximate surface area is 191 Å². The molecule has 31 heavy (non-hydrogen) atoms. The molecule has 0 spiro atoms. The van der Waals surface area contributed by atoms with Crippen molar-refractivity contribution in [2.24, 2.45) is 0 Å². The molecule has 1 aromatic heterocycles. The molecule has 0 unspecified atom stereocenters. The summed E-state index contributed by atoms with van der Waals surface area (Å²) in [5.41, 5.74) is 3.37. The number of hydrogen-bond acceptors (Lipinski definition) is 8. The van der Waals surface area contributed by atoms with E-state index in [0.29, 0.717) is 18.8 Å². The molecule has 0 aliphatic carbocycles. The number of carbonyl (C=O) groups is 1. The normalized spacial score (nSPS) is 10.6. The van der Waals surface area contributed by atoms with Gasteiger partial charge in [0.1, 0.15) is 5.75 Å². The van der Waals surface area contributed by atoms with Crippen LogP contribution < -0.4 is 15.0 Å². The highest BCUT2D eigenvalue weighted by Gasteiger charge is 2.12. The Morgan fingerprint density at radius 1 is 1.03 bits per heavy atom. The van der Waals surface area contributed by atoms with Crippen LogP contribution in [0.25, 0.3) is 0 Å². The topological polar surface area (TPSA) is 70.6 Å². The van der Waals surface area contributed by atoms with Crippen molar-refractivity contribution in [1.29, 1.82) is 0 Å². The van der Waals surface area contributed by atoms with Crippen LogP contribution in [0.15, 0.2) is 52.9 Å². The zero-order valence-corrected chi connectivity index (χ0v) is 19.8. The summed E-state index contributed by atoms with van der Waals surface area (Å²) in [5.74, 6) is 1.22. The van der Waals surface area contributed by atoms with Crippen molar-refractivity contribution in [3.63, 3.8) is 0 Å². The molecule has 2 aromatic carbocycles. The number of thioether (sulfide) groups is 1. The molecule has 3 aromatic rings. The molecule has 0 saturated carbocycles. The molecule has 0 saturated heterocycles. The second-order valence-corrected chi connectivity index (χ2v) is 9.37. The molecule has 0 fully saturated rings. The Hall–Kier alpha value is -2.78. The molecule has 1 N–H and O–H groups in total. The summed E-state index contributed by atoms with van der Waals surface area (Å²) in [4.78, 5) is 16.3. The summed E-state index contributed by atoms with van der Waals surface area (Å²) in [6.45, 7) is 1.23. The molecule has 0 radical (unpaired) electrons. The van der Waals surface area contributed by atoms with Gasteiger partial charge in [-0.05, 0) is 35.4 Å². The van der Waals surface area contributed by atoms with Crippen LogP contribution in [0.4, 0.5) is 10.8 Å². The molecular weight excluding hydrogens is 430 g/mol. The fourth-order valence-corrected chi connectivity index (χ4v) is 4.44. The van der Waals surface area contributed by atoms with Gasteiger partial charge in [-0.1, -0.05) is 47.4 Å². The van der Waals surface area contributed by atoms with E-state index in [2.05, 4.69) is 44.7 Å². The Morgan fingerprint density at radius 2 is 1.71 bits per heavy atom. The molecule has 1 heterocycles. The third kappa shape index (κ3) is 6.86. The van der Waals surface area contributed by atoms with E-state index in [1.54, 1.807) is 12.0 Å². The first kappa shape index (κ1) is 22.9. The van der Waals surface area contributed by atoms with Crippen molar-refractivity contribution in [2.75, 3.05) is 44.2 Å². The van der Waals surface area contributed by atoms with Gasteiger partial charge in [-0.25, -0.2) is 0 Å². The van der Waals surface area contributed by atoms with Gasteiger partial charge >= 0.3 is 0 Å². The largest absolute Gasteiger partial charge is 0.497 e. The van der Waals surface area contributed by atoms with E-state index < -0.39 is 0 Å². The van der Waals surface area contributed by atoms with Crippen LogP contribution in [-0.4, -0.2) is 55.0 Å². The quantitative estimate of drug-likeness (QED) is 0.462. The minimum Gasteiger partial charge on any atom is -0.497 e. The van der Waals surface area contributed by atoms with Crippen LogP contribution in [0.2, 0.25) is 0 Å². The van der Waals surface area contributed by atoms with Crippen LogP contribution in [0.3, 0.4) is 0 Å². The summed E-state index contributed by atoms with van der Waals surface area (Å²) in [6.07, 6.45) is 0. The first-order valence-corrected chi connectivity index (χ1v) is 11.6. The number of rotatable bonds is 10. The van der Waals surface area contributed by atoms with Crippen molar-refractivity contribution in [3.05, 3.63) is 59.7 Å². The maximum absolute atomic E-state index is 12.5. The summed E-state index contributed by atoms with van der Waals surface area (Å²) in [7, 11) is 7.49. The number of ether oxygens (including phenoxy) is 1. The molecule has 3 rings (SSSR count). The first-order chi connectivity index (χ1) is 14.9.